The molecule has 0 unspecified atom stereocenters. The van der Waals surface area contributed by atoms with E-state index in [1.165, 1.54) is 0 Å². The van der Waals surface area contributed by atoms with Gasteiger partial charge in [0.15, 0.2) is 0 Å². The number of hydrogen-bond donors (Lipinski definition) is 0. The van der Waals surface area contributed by atoms with Crippen LogP contribution in [0.25, 0.3) is 11.3 Å². The van der Waals surface area contributed by atoms with Crippen molar-refractivity contribution in [3.8, 4) is 11.3 Å². The zero-order chi connectivity index (χ0) is 9.10. The van der Waals surface area contributed by atoms with Gasteiger partial charge >= 0.3 is 0 Å². The van der Waals surface area contributed by atoms with Crippen LogP contribution in [-0.4, -0.2) is 9.97 Å². The minimum atomic E-state index is 0.849. The molecule has 0 saturated carbocycles. The first kappa shape index (κ1) is 8.38. The van der Waals surface area contributed by atoms with Crippen LogP contribution in [-0.2, 0) is 0 Å². The maximum Gasteiger partial charge on any atom is 0.106 e. The second-order valence-corrected chi connectivity index (χ2v) is 3.39. The van der Waals surface area contributed by atoms with Crippen LogP contribution in [0.3, 0.4) is 0 Å². The predicted octanol–water partition coefficient (Wildman–Crippen LogP) is 2.91. The quantitative estimate of drug-likeness (QED) is 0.710. The van der Waals surface area contributed by atoms with E-state index in [1.807, 2.05) is 30.3 Å². The minimum absolute atomic E-state index is 0.849. The summed E-state index contributed by atoms with van der Waals surface area (Å²) in [4.78, 5) is 8.29. The Morgan fingerprint density at radius 1 is 1.00 bits per heavy atom. The second kappa shape index (κ2) is 3.66. The lowest BCUT2D eigenvalue weighted by Crippen LogP contribution is -1.83. The predicted molar refractivity (Wildman–Crippen MR) is 55.2 cm³/mol. The van der Waals surface area contributed by atoms with E-state index in [2.05, 4.69) is 25.9 Å². The van der Waals surface area contributed by atoms with E-state index in [9.17, 15) is 0 Å². The first-order valence-corrected chi connectivity index (χ1v) is 4.68. The van der Waals surface area contributed by atoms with E-state index in [0.29, 0.717) is 0 Å². The first-order valence-electron chi connectivity index (χ1n) is 3.89. The summed E-state index contributed by atoms with van der Waals surface area (Å²) in [6.45, 7) is 0. The smallest absolute Gasteiger partial charge is 0.106 e. The van der Waals surface area contributed by atoms with Crippen LogP contribution < -0.4 is 0 Å². The molecule has 0 aliphatic heterocycles. The van der Waals surface area contributed by atoms with Crippen molar-refractivity contribution in [2.24, 2.45) is 0 Å². The molecular weight excluding hydrogens is 228 g/mol. The van der Waals surface area contributed by atoms with Gasteiger partial charge in [-0.3, -0.25) is 4.98 Å². The van der Waals surface area contributed by atoms with Gasteiger partial charge in [0.1, 0.15) is 4.60 Å². The van der Waals surface area contributed by atoms with Gasteiger partial charge in [-0.1, -0.05) is 6.07 Å². The fourth-order valence-corrected chi connectivity index (χ4v) is 1.44. The molecule has 0 bridgehead atoms. The van der Waals surface area contributed by atoms with Gasteiger partial charge in [-0.15, -0.1) is 0 Å². The average Bonchev–Trinajstić information content (AvgIpc) is 2.19. The van der Waals surface area contributed by atoms with E-state index in [1.54, 1.807) is 12.4 Å². The highest BCUT2D eigenvalue weighted by molar-refractivity contribution is 9.10. The van der Waals surface area contributed by atoms with Crippen molar-refractivity contribution in [3.05, 3.63) is 47.3 Å². The highest BCUT2D eigenvalue weighted by Gasteiger charge is 1.97. The SMILES string of the molecule is Brc1cccc(-c2ccncc2)n1. The number of rotatable bonds is 1. The summed E-state index contributed by atoms with van der Waals surface area (Å²) in [7, 11) is 0. The van der Waals surface area contributed by atoms with Crippen molar-refractivity contribution >= 4 is 15.9 Å². The molecule has 0 aliphatic rings. The van der Waals surface area contributed by atoms with E-state index >= 15 is 0 Å². The molecule has 64 valence electrons. The topological polar surface area (TPSA) is 25.8 Å². The molecule has 2 rings (SSSR count). The fourth-order valence-electron chi connectivity index (χ4n) is 1.09. The van der Waals surface area contributed by atoms with Crippen LogP contribution in [0.15, 0.2) is 47.3 Å². The molecule has 0 atom stereocenters. The number of halogens is 1. The third kappa shape index (κ3) is 1.92. The zero-order valence-electron chi connectivity index (χ0n) is 6.81. The van der Waals surface area contributed by atoms with Gasteiger partial charge in [-0.25, -0.2) is 4.98 Å². The minimum Gasteiger partial charge on any atom is -0.265 e. The molecule has 0 aliphatic carbocycles. The van der Waals surface area contributed by atoms with Crippen molar-refractivity contribution in [1.82, 2.24) is 9.97 Å². The van der Waals surface area contributed by atoms with Gasteiger partial charge < -0.3 is 0 Å². The molecule has 0 radical (unpaired) electrons. The van der Waals surface area contributed by atoms with Crippen LogP contribution in [0, 0.1) is 0 Å². The Morgan fingerprint density at radius 3 is 2.46 bits per heavy atom. The molecule has 0 saturated heterocycles. The molecule has 3 heteroatoms. The summed E-state index contributed by atoms with van der Waals surface area (Å²) >= 11 is 3.33. The second-order valence-electron chi connectivity index (χ2n) is 2.58. The molecule has 2 aromatic rings. The maximum atomic E-state index is 4.33. The molecule has 0 spiro atoms. The van der Waals surface area contributed by atoms with Crippen molar-refractivity contribution in [3.63, 3.8) is 0 Å². The summed E-state index contributed by atoms with van der Waals surface area (Å²) in [5, 5.41) is 0. The molecular formula is C10H7BrN2. The Balaban J connectivity index is 2.48. The number of pyridine rings is 2. The van der Waals surface area contributed by atoms with Gasteiger partial charge in [-0.05, 0) is 40.2 Å². The number of aromatic nitrogens is 2. The van der Waals surface area contributed by atoms with Crippen molar-refractivity contribution in [2.75, 3.05) is 0 Å². The molecule has 0 fully saturated rings. The molecule has 2 nitrogen and oxygen atoms in total. The highest BCUT2D eigenvalue weighted by Crippen LogP contribution is 2.17. The molecule has 0 N–H and O–H groups in total. The van der Waals surface area contributed by atoms with E-state index in [4.69, 9.17) is 0 Å². The van der Waals surface area contributed by atoms with Crippen LogP contribution in [0.4, 0.5) is 0 Å². The lowest BCUT2D eigenvalue weighted by molar-refractivity contribution is 1.26. The Morgan fingerprint density at radius 2 is 1.77 bits per heavy atom. The average molecular weight is 235 g/mol. The maximum absolute atomic E-state index is 4.33. The van der Waals surface area contributed by atoms with Crippen LogP contribution in [0.5, 0.6) is 0 Å². The third-order valence-corrected chi connectivity index (χ3v) is 2.13. The lowest BCUT2D eigenvalue weighted by atomic mass is 10.2. The van der Waals surface area contributed by atoms with Gasteiger partial charge in [0.05, 0.1) is 5.69 Å². The summed E-state index contributed by atoms with van der Waals surface area (Å²) in [5.74, 6) is 0. The molecule has 2 heterocycles. The van der Waals surface area contributed by atoms with E-state index in [-0.39, 0.29) is 0 Å². The van der Waals surface area contributed by atoms with Crippen molar-refractivity contribution < 1.29 is 0 Å². The fraction of sp³-hybridized carbons (Fsp3) is 0. The Labute approximate surface area is 84.8 Å². The summed E-state index contributed by atoms with van der Waals surface area (Å²) in [6, 6.07) is 9.72. The van der Waals surface area contributed by atoms with Gasteiger partial charge in [0.2, 0.25) is 0 Å². The number of hydrogen-bond acceptors (Lipinski definition) is 2. The Hall–Kier alpha value is -1.22. The molecule has 2 aromatic heterocycles. The van der Waals surface area contributed by atoms with Crippen LogP contribution >= 0.6 is 15.9 Å². The molecule has 0 aromatic carbocycles. The highest BCUT2D eigenvalue weighted by atomic mass is 79.9. The summed E-state index contributed by atoms with van der Waals surface area (Å²) in [6.07, 6.45) is 3.52. The lowest BCUT2D eigenvalue weighted by Gasteiger charge is -1.99. The Kier molecular flexibility index (Phi) is 2.36. The van der Waals surface area contributed by atoms with Crippen molar-refractivity contribution in [2.45, 2.75) is 0 Å². The number of nitrogens with zero attached hydrogens (tertiary/aromatic N) is 2. The first-order chi connectivity index (χ1) is 6.36. The molecule has 13 heavy (non-hydrogen) atoms. The summed E-state index contributed by atoms with van der Waals surface area (Å²) in [5.41, 5.74) is 2.04. The van der Waals surface area contributed by atoms with Gasteiger partial charge in [0, 0.05) is 18.0 Å². The largest absolute Gasteiger partial charge is 0.265 e. The van der Waals surface area contributed by atoms with Crippen molar-refractivity contribution in [1.29, 1.82) is 0 Å². The monoisotopic (exact) mass is 234 g/mol. The summed E-state index contributed by atoms with van der Waals surface area (Å²) < 4.78 is 0.849. The van der Waals surface area contributed by atoms with E-state index < -0.39 is 0 Å². The van der Waals surface area contributed by atoms with Gasteiger partial charge in [-0.2, -0.15) is 0 Å². The van der Waals surface area contributed by atoms with Crippen LogP contribution in [0.1, 0.15) is 0 Å². The molecule has 0 amide bonds. The third-order valence-electron chi connectivity index (χ3n) is 1.69. The van der Waals surface area contributed by atoms with Gasteiger partial charge in [0.25, 0.3) is 0 Å². The normalized spacial score (nSPS) is 9.92. The Bertz CT molecular complexity index is 401. The van der Waals surface area contributed by atoms with E-state index in [0.717, 1.165) is 15.9 Å². The van der Waals surface area contributed by atoms with Crippen LogP contribution in [0.2, 0.25) is 0 Å². The zero-order valence-corrected chi connectivity index (χ0v) is 8.40. The standard InChI is InChI=1S/C10H7BrN2/c11-10-3-1-2-9(13-10)8-4-6-12-7-5-8/h1-7H.